The summed E-state index contributed by atoms with van der Waals surface area (Å²) in [5.41, 5.74) is 0.421. The highest BCUT2D eigenvalue weighted by atomic mass is 35.5. The molecule has 3 rings (SSSR count). The number of rotatable bonds is 2. The monoisotopic (exact) mass is 323 g/mol. The van der Waals surface area contributed by atoms with E-state index >= 15 is 0 Å². The Kier molecular flexibility index (Phi) is 3.56. The Morgan fingerprint density at radius 1 is 1.20 bits per heavy atom. The molecule has 0 radical (unpaired) electrons. The van der Waals surface area contributed by atoms with Crippen LogP contribution < -0.4 is 5.32 Å². The predicted molar refractivity (Wildman–Crippen MR) is 81.8 cm³/mol. The van der Waals surface area contributed by atoms with Gasteiger partial charge < -0.3 is 5.32 Å². The van der Waals surface area contributed by atoms with Gasteiger partial charge in [-0.15, -0.1) is 0 Å². The first kappa shape index (κ1) is 13.3. The van der Waals surface area contributed by atoms with Crippen molar-refractivity contribution < 1.29 is 4.79 Å². The van der Waals surface area contributed by atoms with E-state index in [0.717, 1.165) is 10.1 Å². The molecule has 0 saturated heterocycles. The van der Waals surface area contributed by atoms with E-state index in [2.05, 4.69) is 14.7 Å². The number of pyridine rings is 1. The lowest BCUT2D eigenvalue weighted by Crippen LogP contribution is -2.12. The minimum absolute atomic E-state index is 0.281. The summed E-state index contributed by atoms with van der Waals surface area (Å²) in [6.07, 6.45) is 1.42. The molecular formula is C13H7Cl2N3OS. The molecular weight excluding hydrogens is 317 g/mol. The normalized spacial score (nSPS) is 10.7. The average Bonchev–Trinajstić information content (AvgIpc) is 2.81. The van der Waals surface area contributed by atoms with Crippen LogP contribution >= 0.6 is 34.7 Å². The third-order valence-electron chi connectivity index (χ3n) is 2.66. The summed E-state index contributed by atoms with van der Waals surface area (Å²) < 4.78 is 5.14. The van der Waals surface area contributed by atoms with Crippen LogP contribution in [0.3, 0.4) is 0 Å². The van der Waals surface area contributed by atoms with E-state index in [1.807, 2.05) is 12.1 Å². The lowest BCUT2D eigenvalue weighted by molar-refractivity contribution is 0.102. The minimum atomic E-state index is -0.281. The van der Waals surface area contributed by atoms with Gasteiger partial charge in [0.2, 0.25) is 0 Å². The molecule has 20 heavy (non-hydrogen) atoms. The summed E-state index contributed by atoms with van der Waals surface area (Å²) in [5.74, 6) is 0.234. The van der Waals surface area contributed by atoms with Gasteiger partial charge in [-0.05, 0) is 41.9 Å². The van der Waals surface area contributed by atoms with E-state index in [-0.39, 0.29) is 5.91 Å². The first-order valence-corrected chi connectivity index (χ1v) is 7.14. The van der Waals surface area contributed by atoms with Crippen molar-refractivity contribution in [3.05, 3.63) is 52.3 Å². The molecule has 0 unspecified atom stereocenters. The van der Waals surface area contributed by atoms with Crippen LogP contribution in [0.15, 0.2) is 36.5 Å². The van der Waals surface area contributed by atoms with Crippen molar-refractivity contribution in [1.29, 1.82) is 0 Å². The highest BCUT2D eigenvalue weighted by Crippen LogP contribution is 2.29. The Bertz CT molecular complexity index is 786. The molecule has 0 bridgehead atoms. The Morgan fingerprint density at radius 2 is 2.05 bits per heavy atom. The molecule has 1 amide bonds. The number of nitrogens with one attached hydrogen (secondary N) is 1. The molecule has 1 aromatic carbocycles. The molecule has 3 aromatic rings. The zero-order valence-corrected chi connectivity index (χ0v) is 12.3. The summed E-state index contributed by atoms with van der Waals surface area (Å²) >= 11 is 12.9. The first-order chi connectivity index (χ1) is 9.63. The van der Waals surface area contributed by atoms with Gasteiger partial charge in [0, 0.05) is 16.6 Å². The number of hydrogen-bond donors (Lipinski definition) is 1. The molecule has 0 aliphatic rings. The Labute approximate surface area is 128 Å². The van der Waals surface area contributed by atoms with Crippen LogP contribution in [0, 0.1) is 0 Å². The third kappa shape index (κ3) is 2.60. The smallest absolute Gasteiger partial charge is 0.258 e. The zero-order chi connectivity index (χ0) is 14.1. The number of aromatic nitrogens is 2. The lowest BCUT2D eigenvalue weighted by atomic mass is 10.2. The van der Waals surface area contributed by atoms with Gasteiger partial charge in [-0.3, -0.25) is 4.79 Å². The van der Waals surface area contributed by atoms with Gasteiger partial charge >= 0.3 is 0 Å². The number of halogens is 2. The summed E-state index contributed by atoms with van der Waals surface area (Å²) in [7, 11) is 0. The highest BCUT2D eigenvalue weighted by molar-refractivity contribution is 7.13. The second-order valence-corrected chi connectivity index (χ2v) is 5.62. The van der Waals surface area contributed by atoms with E-state index in [1.165, 1.54) is 17.7 Å². The molecule has 0 fully saturated rings. The van der Waals surface area contributed by atoms with Crippen LogP contribution in [0.1, 0.15) is 10.4 Å². The molecule has 0 spiro atoms. The maximum Gasteiger partial charge on any atom is 0.258 e. The van der Waals surface area contributed by atoms with Crippen molar-refractivity contribution in [2.45, 2.75) is 0 Å². The van der Waals surface area contributed by atoms with Crippen LogP contribution in [0.25, 0.3) is 10.1 Å². The van der Waals surface area contributed by atoms with E-state index in [9.17, 15) is 4.79 Å². The maximum atomic E-state index is 12.1. The molecule has 0 aliphatic carbocycles. The van der Waals surface area contributed by atoms with Crippen molar-refractivity contribution in [3.8, 4) is 0 Å². The summed E-state index contributed by atoms with van der Waals surface area (Å²) in [4.78, 5) is 16.0. The zero-order valence-electron chi connectivity index (χ0n) is 9.93. The number of nitrogens with zero attached hydrogens (tertiary/aromatic N) is 2. The largest absolute Gasteiger partial charge is 0.305 e. The molecule has 2 heterocycles. The minimum Gasteiger partial charge on any atom is -0.305 e. The second-order valence-electron chi connectivity index (χ2n) is 4.00. The van der Waals surface area contributed by atoms with Gasteiger partial charge in [0.1, 0.15) is 5.15 Å². The topological polar surface area (TPSA) is 54.9 Å². The van der Waals surface area contributed by atoms with Crippen molar-refractivity contribution >= 4 is 56.5 Å². The molecule has 7 heteroatoms. The lowest BCUT2D eigenvalue weighted by Gasteiger charge is -2.02. The average molecular weight is 324 g/mol. The highest BCUT2D eigenvalue weighted by Gasteiger charge is 2.12. The molecule has 4 nitrogen and oxygen atoms in total. The van der Waals surface area contributed by atoms with Gasteiger partial charge in [-0.25, -0.2) is 4.98 Å². The Hall–Kier alpha value is -1.69. The first-order valence-electron chi connectivity index (χ1n) is 5.61. The predicted octanol–water partition coefficient (Wildman–Crippen LogP) is 4.25. The maximum absolute atomic E-state index is 12.1. The number of carbonyl (C=O) groups excluding carboxylic acids is 1. The SMILES string of the molecule is O=C(Nc1nsc2cc(Cl)ccc12)c1ccc(Cl)nc1. The fourth-order valence-electron chi connectivity index (χ4n) is 1.69. The molecule has 0 atom stereocenters. The molecule has 1 N–H and O–H groups in total. The molecule has 0 aliphatic heterocycles. The van der Waals surface area contributed by atoms with Crippen LogP contribution in [-0.4, -0.2) is 15.3 Å². The van der Waals surface area contributed by atoms with Crippen LogP contribution in [0.5, 0.6) is 0 Å². The van der Waals surface area contributed by atoms with Crippen molar-refractivity contribution in [3.63, 3.8) is 0 Å². The Balaban J connectivity index is 1.89. The van der Waals surface area contributed by atoms with Gasteiger partial charge in [-0.1, -0.05) is 23.2 Å². The summed E-state index contributed by atoms with van der Waals surface area (Å²) in [5, 5.41) is 4.59. The second kappa shape index (κ2) is 5.36. The van der Waals surface area contributed by atoms with Crippen LogP contribution in [0.2, 0.25) is 10.2 Å². The summed E-state index contributed by atoms with van der Waals surface area (Å²) in [6.45, 7) is 0. The number of hydrogen-bond acceptors (Lipinski definition) is 4. The number of anilines is 1. The fourth-order valence-corrected chi connectivity index (χ4v) is 2.82. The van der Waals surface area contributed by atoms with Gasteiger partial charge in [-0.2, -0.15) is 4.37 Å². The van der Waals surface area contributed by atoms with Gasteiger partial charge in [0.25, 0.3) is 5.91 Å². The van der Waals surface area contributed by atoms with Crippen molar-refractivity contribution in [2.75, 3.05) is 5.32 Å². The van der Waals surface area contributed by atoms with E-state index in [4.69, 9.17) is 23.2 Å². The number of carbonyl (C=O) groups is 1. The van der Waals surface area contributed by atoms with Crippen LogP contribution in [0.4, 0.5) is 5.82 Å². The fraction of sp³-hybridized carbons (Fsp3) is 0. The van der Waals surface area contributed by atoms with Gasteiger partial charge in [0.15, 0.2) is 5.82 Å². The quantitative estimate of drug-likeness (QED) is 0.717. The Morgan fingerprint density at radius 3 is 2.80 bits per heavy atom. The van der Waals surface area contributed by atoms with E-state index in [0.29, 0.717) is 21.6 Å². The number of fused-ring (bicyclic) bond motifs is 1. The number of amides is 1. The van der Waals surface area contributed by atoms with E-state index in [1.54, 1.807) is 18.2 Å². The number of benzene rings is 1. The molecule has 2 aromatic heterocycles. The van der Waals surface area contributed by atoms with Crippen LogP contribution in [-0.2, 0) is 0 Å². The van der Waals surface area contributed by atoms with E-state index < -0.39 is 0 Å². The third-order valence-corrected chi connectivity index (χ3v) is 3.92. The summed E-state index contributed by atoms with van der Waals surface area (Å²) in [6, 6.07) is 8.58. The van der Waals surface area contributed by atoms with Crippen molar-refractivity contribution in [2.24, 2.45) is 0 Å². The van der Waals surface area contributed by atoms with Gasteiger partial charge in [0.05, 0.1) is 10.3 Å². The molecule has 100 valence electrons. The van der Waals surface area contributed by atoms with Crippen molar-refractivity contribution in [1.82, 2.24) is 9.36 Å². The standard InChI is InChI=1S/C13H7Cl2N3OS/c14-8-2-3-9-10(5-8)20-18-12(9)17-13(19)7-1-4-11(15)16-6-7/h1-6H,(H,17,18,19). The molecule has 0 saturated carbocycles.